The van der Waals surface area contributed by atoms with Crippen molar-refractivity contribution in [3.05, 3.63) is 57.9 Å². The first-order valence-corrected chi connectivity index (χ1v) is 11.1. The van der Waals surface area contributed by atoms with Crippen LogP contribution in [0.1, 0.15) is 31.2 Å². The Balaban J connectivity index is 1.75. The van der Waals surface area contributed by atoms with Gasteiger partial charge in [0, 0.05) is 10.4 Å². The molecular weight excluding hydrogens is 418 g/mol. The Bertz CT molecular complexity index is 1000. The predicted molar refractivity (Wildman–Crippen MR) is 126 cm³/mol. The Morgan fingerprint density at radius 3 is 2.67 bits per heavy atom. The molecule has 30 heavy (non-hydrogen) atoms. The first-order valence-electron chi connectivity index (χ1n) is 9.89. The summed E-state index contributed by atoms with van der Waals surface area (Å²) < 4.78 is 11.6. The van der Waals surface area contributed by atoms with Crippen LogP contribution in [0, 0.1) is 12.8 Å². The molecule has 2 aromatic carbocycles. The van der Waals surface area contributed by atoms with E-state index in [0.29, 0.717) is 35.7 Å². The van der Waals surface area contributed by atoms with Crippen LogP contribution >= 0.6 is 22.9 Å². The summed E-state index contributed by atoms with van der Waals surface area (Å²) in [6, 6.07) is 13.8. The molecule has 5 nitrogen and oxygen atoms in total. The zero-order valence-electron chi connectivity index (χ0n) is 17.6. The van der Waals surface area contributed by atoms with E-state index < -0.39 is 0 Å². The number of nitrogens with one attached hydrogen (secondary N) is 1. The lowest BCUT2D eigenvalue weighted by atomic mass is 10.1. The summed E-state index contributed by atoms with van der Waals surface area (Å²) in [5.41, 5.74) is 5.88. The van der Waals surface area contributed by atoms with Crippen molar-refractivity contribution < 1.29 is 9.47 Å². The van der Waals surface area contributed by atoms with E-state index in [-0.39, 0.29) is 0 Å². The first-order chi connectivity index (χ1) is 14.5. The third-order valence-corrected chi connectivity index (χ3v) is 5.27. The number of halogens is 1. The van der Waals surface area contributed by atoms with E-state index in [1.165, 1.54) is 0 Å². The molecule has 7 heteroatoms. The van der Waals surface area contributed by atoms with E-state index in [1.54, 1.807) is 17.6 Å². The fourth-order valence-electron chi connectivity index (χ4n) is 2.79. The van der Waals surface area contributed by atoms with Gasteiger partial charge in [0.15, 0.2) is 11.5 Å². The summed E-state index contributed by atoms with van der Waals surface area (Å²) >= 11 is 8.01. The summed E-state index contributed by atoms with van der Waals surface area (Å²) in [5, 5.41) is 5.56. The molecule has 0 spiro atoms. The number of hydrogen-bond donors (Lipinski definition) is 1. The third-order valence-electron chi connectivity index (χ3n) is 4.11. The molecule has 0 aliphatic carbocycles. The number of hydrogen-bond acceptors (Lipinski definition) is 6. The fourth-order valence-corrected chi connectivity index (χ4v) is 3.84. The van der Waals surface area contributed by atoms with E-state index in [0.717, 1.165) is 26.8 Å². The summed E-state index contributed by atoms with van der Waals surface area (Å²) in [5.74, 6) is 1.58. The first kappa shape index (κ1) is 22.1. The van der Waals surface area contributed by atoms with Gasteiger partial charge in [0.2, 0.25) is 5.13 Å². The Morgan fingerprint density at radius 1 is 1.20 bits per heavy atom. The number of benzene rings is 2. The molecule has 0 aliphatic rings. The smallest absolute Gasteiger partial charge is 0.204 e. The van der Waals surface area contributed by atoms with E-state index >= 15 is 0 Å². The Kier molecular flexibility index (Phi) is 7.71. The van der Waals surface area contributed by atoms with Crippen molar-refractivity contribution in [1.29, 1.82) is 0 Å². The largest absolute Gasteiger partial charge is 0.490 e. The van der Waals surface area contributed by atoms with Crippen molar-refractivity contribution in [3.8, 4) is 22.8 Å². The highest BCUT2D eigenvalue weighted by Gasteiger charge is 2.13. The van der Waals surface area contributed by atoms with Crippen molar-refractivity contribution in [2.45, 2.75) is 27.7 Å². The van der Waals surface area contributed by atoms with Crippen molar-refractivity contribution in [1.82, 2.24) is 4.98 Å². The van der Waals surface area contributed by atoms with Crippen LogP contribution in [0.15, 0.2) is 47.6 Å². The zero-order valence-corrected chi connectivity index (χ0v) is 19.2. The molecule has 0 aliphatic heterocycles. The molecule has 3 rings (SSSR count). The van der Waals surface area contributed by atoms with Crippen molar-refractivity contribution >= 4 is 34.3 Å². The molecule has 0 fully saturated rings. The van der Waals surface area contributed by atoms with Gasteiger partial charge < -0.3 is 9.47 Å². The minimum Gasteiger partial charge on any atom is -0.490 e. The third kappa shape index (κ3) is 5.74. The second kappa shape index (κ2) is 10.5. The minimum atomic E-state index is 0.392. The Hall–Kier alpha value is -2.57. The van der Waals surface area contributed by atoms with Gasteiger partial charge in [-0.2, -0.15) is 5.10 Å². The van der Waals surface area contributed by atoms with Crippen molar-refractivity contribution in [2.75, 3.05) is 18.6 Å². The number of ether oxygens (including phenoxy) is 2. The van der Waals surface area contributed by atoms with Gasteiger partial charge in [-0.3, -0.25) is 5.43 Å². The lowest BCUT2D eigenvalue weighted by molar-refractivity contribution is 0.248. The Morgan fingerprint density at radius 2 is 1.97 bits per heavy atom. The maximum atomic E-state index is 6.44. The van der Waals surface area contributed by atoms with Crippen LogP contribution in [-0.2, 0) is 0 Å². The van der Waals surface area contributed by atoms with Crippen molar-refractivity contribution in [3.63, 3.8) is 0 Å². The molecule has 0 atom stereocenters. The molecule has 0 saturated heterocycles. The van der Waals surface area contributed by atoms with Gasteiger partial charge in [0.1, 0.15) is 0 Å². The Labute approximate surface area is 186 Å². The van der Waals surface area contributed by atoms with Gasteiger partial charge in [-0.05, 0) is 37.5 Å². The van der Waals surface area contributed by atoms with Crippen LogP contribution < -0.4 is 14.9 Å². The van der Waals surface area contributed by atoms with Gasteiger partial charge >= 0.3 is 0 Å². The van der Waals surface area contributed by atoms with Crippen LogP contribution in [0.4, 0.5) is 5.13 Å². The monoisotopic (exact) mass is 443 g/mol. The average Bonchev–Trinajstić information content (AvgIpc) is 3.08. The number of rotatable bonds is 9. The number of anilines is 1. The molecule has 3 aromatic rings. The fraction of sp³-hybridized carbons (Fsp3) is 0.304. The second-order valence-corrected chi connectivity index (χ2v) is 8.74. The van der Waals surface area contributed by atoms with Crippen molar-refractivity contribution in [2.24, 2.45) is 11.0 Å². The molecular formula is C23H26ClN3O2S. The molecule has 0 saturated carbocycles. The highest BCUT2D eigenvalue weighted by Crippen LogP contribution is 2.36. The molecule has 1 N–H and O–H groups in total. The normalized spacial score (nSPS) is 11.3. The molecule has 1 aromatic heterocycles. The maximum Gasteiger partial charge on any atom is 0.204 e. The SMILES string of the molecule is CCOc1cc(/C=N\Nc2nc(-c3ccccc3)c(C)s2)cc(Cl)c1OCC(C)C. The van der Waals surface area contributed by atoms with Gasteiger partial charge in [-0.25, -0.2) is 4.98 Å². The summed E-state index contributed by atoms with van der Waals surface area (Å²) in [6.45, 7) is 9.25. The standard InChI is InChI=1S/C23H26ClN3O2S/c1-5-28-20-12-17(11-19(24)22(20)29-14-15(2)3)13-25-27-23-26-21(16(4)30-23)18-9-7-6-8-10-18/h6-13,15H,5,14H2,1-4H3,(H,26,27)/b25-13-. The number of aryl methyl sites for hydroxylation is 1. The van der Waals surface area contributed by atoms with Crippen LogP contribution in [0.2, 0.25) is 5.02 Å². The lowest BCUT2D eigenvalue weighted by Crippen LogP contribution is -2.07. The molecule has 0 unspecified atom stereocenters. The van der Waals surface area contributed by atoms with E-state index in [1.807, 2.05) is 37.3 Å². The van der Waals surface area contributed by atoms with E-state index in [9.17, 15) is 0 Å². The maximum absolute atomic E-state index is 6.44. The van der Waals surface area contributed by atoms with Crippen LogP contribution in [-0.4, -0.2) is 24.4 Å². The summed E-state index contributed by atoms with van der Waals surface area (Å²) in [6.07, 6.45) is 1.69. The molecule has 0 amide bonds. The second-order valence-electron chi connectivity index (χ2n) is 7.13. The van der Waals surface area contributed by atoms with Crippen LogP contribution in [0.25, 0.3) is 11.3 Å². The highest BCUT2D eigenvalue weighted by atomic mass is 35.5. The number of hydrazone groups is 1. The molecule has 0 bridgehead atoms. The van der Waals surface area contributed by atoms with Crippen LogP contribution in [0.3, 0.4) is 0 Å². The predicted octanol–water partition coefficient (Wildman–Crippen LogP) is 6.65. The summed E-state index contributed by atoms with van der Waals surface area (Å²) in [7, 11) is 0. The number of nitrogens with zero attached hydrogens (tertiary/aromatic N) is 2. The van der Waals surface area contributed by atoms with Crippen LogP contribution in [0.5, 0.6) is 11.5 Å². The van der Waals surface area contributed by atoms with E-state index in [4.69, 9.17) is 21.1 Å². The van der Waals surface area contributed by atoms with Gasteiger partial charge in [0.25, 0.3) is 0 Å². The highest BCUT2D eigenvalue weighted by molar-refractivity contribution is 7.15. The molecule has 0 radical (unpaired) electrons. The van der Waals surface area contributed by atoms with E-state index in [2.05, 4.69) is 48.4 Å². The zero-order chi connectivity index (χ0) is 21.5. The average molecular weight is 444 g/mol. The quantitative estimate of drug-likeness (QED) is 0.297. The summed E-state index contributed by atoms with van der Waals surface area (Å²) in [4.78, 5) is 5.79. The molecule has 158 valence electrons. The topological polar surface area (TPSA) is 55.7 Å². The van der Waals surface area contributed by atoms with Gasteiger partial charge in [-0.15, -0.1) is 11.3 Å². The number of thiazole rings is 1. The van der Waals surface area contributed by atoms with Gasteiger partial charge in [-0.1, -0.05) is 55.8 Å². The number of aromatic nitrogens is 1. The lowest BCUT2D eigenvalue weighted by Gasteiger charge is -2.15. The molecule has 1 heterocycles. The minimum absolute atomic E-state index is 0.392. The van der Waals surface area contributed by atoms with Gasteiger partial charge in [0.05, 0.1) is 30.1 Å².